The predicted molar refractivity (Wildman–Crippen MR) is 113 cm³/mol. The van der Waals surface area contributed by atoms with E-state index in [0.717, 1.165) is 22.4 Å². The van der Waals surface area contributed by atoms with Crippen LogP contribution in [0.4, 0.5) is 0 Å². The van der Waals surface area contributed by atoms with Crippen molar-refractivity contribution in [2.75, 3.05) is 0 Å². The average molecular weight is 372 g/mol. The number of nitrogens with zero attached hydrogens (tertiary/aromatic N) is 1. The molecular formula is C24H24N2O2. The van der Waals surface area contributed by atoms with E-state index in [-0.39, 0.29) is 5.91 Å². The fourth-order valence-corrected chi connectivity index (χ4v) is 2.65. The number of ether oxygens (including phenoxy) is 1. The van der Waals surface area contributed by atoms with Crippen molar-refractivity contribution < 1.29 is 9.53 Å². The lowest BCUT2D eigenvalue weighted by Gasteiger charge is -2.07. The maximum atomic E-state index is 12.0. The standard InChI is InChI=1S/C24H24N2O2/c1-18-6-10-20(11-7-18)15-24(27)26-25-16-22-4-3-5-23(14-22)28-17-21-12-8-19(2)9-13-21/h3-14,16H,15,17H2,1-2H3,(H,26,27)/b25-16+. The van der Waals surface area contributed by atoms with Crippen LogP contribution >= 0.6 is 0 Å². The molecule has 0 heterocycles. The van der Waals surface area contributed by atoms with Crippen LogP contribution in [-0.2, 0) is 17.8 Å². The fourth-order valence-electron chi connectivity index (χ4n) is 2.65. The highest BCUT2D eigenvalue weighted by Gasteiger charge is 2.02. The Morgan fingerprint density at radius 1 is 0.929 bits per heavy atom. The van der Waals surface area contributed by atoms with Crippen molar-refractivity contribution in [1.29, 1.82) is 0 Å². The molecule has 0 aliphatic heterocycles. The van der Waals surface area contributed by atoms with Gasteiger partial charge >= 0.3 is 0 Å². The summed E-state index contributed by atoms with van der Waals surface area (Å²) in [4.78, 5) is 12.0. The molecule has 0 aliphatic carbocycles. The van der Waals surface area contributed by atoms with Crippen LogP contribution in [0.5, 0.6) is 5.75 Å². The van der Waals surface area contributed by atoms with E-state index in [9.17, 15) is 4.79 Å². The molecule has 1 N–H and O–H groups in total. The molecule has 3 rings (SSSR count). The summed E-state index contributed by atoms with van der Waals surface area (Å²) in [7, 11) is 0. The van der Waals surface area contributed by atoms with Crippen molar-refractivity contribution in [2.45, 2.75) is 26.9 Å². The van der Waals surface area contributed by atoms with E-state index in [1.807, 2.05) is 55.5 Å². The molecule has 0 atom stereocenters. The van der Waals surface area contributed by atoms with E-state index in [2.05, 4.69) is 41.7 Å². The van der Waals surface area contributed by atoms with Gasteiger partial charge in [0.25, 0.3) is 0 Å². The molecule has 0 aliphatic rings. The van der Waals surface area contributed by atoms with Gasteiger partial charge in [-0.15, -0.1) is 0 Å². The molecule has 28 heavy (non-hydrogen) atoms. The van der Waals surface area contributed by atoms with Crippen molar-refractivity contribution in [1.82, 2.24) is 5.43 Å². The third-order valence-corrected chi connectivity index (χ3v) is 4.27. The molecule has 0 spiro atoms. The second-order valence-corrected chi connectivity index (χ2v) is 6.80. The third kappa shape index (κ3) is 6.09. The lowest BCUT2D eigenvalue weighted by molar-refractivity contribution is -0.120. The third-order valence-electron chi connectivity index (χ3n) is 4.27. The van der Waals surface area contributed by atoms with Crippen LogP contribution in [0.2, 0.25) is 0 Å². The maximum Gasteiger partial charge on any atom is 0.244 e. The van der Waals surface area contributed by atoms with Gasteiger partial charge in [0.05, 0.1) is 12.6 Å². The Balaban J connectivity index is 1.51. The number of hydrogen-bond acceptors (Lipinski definition) is 3. The second-order valence-electron chi connectivity index (χ2n) is 6.80. The first kappa shape index (κ1) is 19.4. The number of benzene rings is 3. The summed E-state index contributed by atoms with van der Waals surface area (Å²) in [5, 5.41) is 4.04. The van der Waals surface area contributed by atoms with Crippen molar-refractivity contribution in [2.24, 2.45) is 5.10 Å². The van der Waals surface area contributed by atoms with Gasteiger partial charge in [-0.1, -0.05) is 71.8 Å². The zero-order valence-electron chi connectivity index (χ0n) is 16.2. The van der Waals surface area contributed by atoms with Crippen LogP contribution in [0, 0.1) is 13.8 Å². The van der Waals surface area contributed by atoms with Crippen molar-refractivity contribution in [3.8, 4) is 5.75 Å². The number of aryl methyl sites for hydroxylation is 2. The van der Waals surface area contributed by atoms with Gasteiger partial charge in [0.1, 0.15) is 12.4 Å². The first-order chi connectivity index (χ1) is 13.6. The molecule has 4 nitrogen and oxygen atoms in total. The molecule has 0 saturated carbocycles. The number of nitrogens with one attached hydrogen (secondary N) is 1. The van der Waals surface area contributed by atoms with Crippen LogP contribution in [0.1, 0.15) is 27.8 Å². The highest BCUT2D eigenvalue weighted by molar-refractivity contribution is 5.83. The molecule has 0 unspecified atom stereocenters. The molecule has 3 aromatic rings. The predicted octanol–water partition coefficient (Wildman–Crippen LogP) is 4.58. The summed E-state index contributed by atoms with van der Waals surface area (Å²) in [6.07, 6.45) is 1.92. The number of carbonyl (C=O) groups excluding carboxylic acids is 1. The van der Waals surface area contributed by atoms with Gasteiger partial charge in [-0.25, -0.2) is 5.43 Å². The molecule has 142 valence electrons. The van der Waals surface area contributed by atoms with Gasteiger partial charge in [0, 0.05) is 0 Å². The van der Waals surface area contributed by atoms with Crippen molar-refractivity contribution in [3.63, 3.8) is 0 Å². The van der Waals surface area contributed by atoms with E-state index < -0.39 is 0 Å². The lowest BCUT2D eigenvalue weighted by Crippen LogP contribution is -2.19. The molecule has 4 heteroatoms. The average Bonchev–Trinajstić information content (AvgIpc) is 2.70. The topological polar surface area (TPSA) is 50.7 Å². The van der Waals surface area contributed by atoms with Crippen LogP contribution < -0.4 is 10.2 Å². The van der Waals surface area contributed by atoms with Gasteiger partial charge in [-0.3, -0.25) is 4.79 Å². The molecular weight excluding hydrogens is 348 g/mol. The SMILES string of the molecule is Cc1ccc(COc2cccc(/C=N/NC(=O)Cc3ccc(C)cc3)c2)cc1. The molecule has 0 fully saturated rings. The quantitative estimate of drug-likeness (QED) is 0.488. The zero-order chi connectivity index (χ0) is 19.8. The Kier molecular flexibility index (Phi) is 6.58. The number of carbonyl (C=O) groups is 1. The molecule has 0 radical (unpaired) electrons. The van der Waals surface area contributed by atoms with Crippen molar-refractivity contribution >= 4 is 12.1 Å². The van der Waals surface area contributed by atoms with Crippen LogP contribution in [-0.4, -0.2) is 12.1 Å². The second kappa shape index (κ2) is 9.51. The van der Waals surface area contributed by atoms with E-state index in [0.29, 0.717) is 13.0 Å². The Bertz CT molecular complexity index is 945. The van der Waals surface area contributed by atoms with Gasteiger partial charge in [0.15, 0.2) is 0 Å². The number of amides is 1. The number of rotatable bonds is 7. The number of hydrazone groups is 1. The van der Waals surface area contributed by atoms with E-state index in [4.69, 9.17) is 4.74 Å². The summed E-state index contributed by atoms with van der Waals surface area (Å²) in [5.74, 6) is 0.613. The highest BCUT2D eigenvalue weighted by Crippen LogP contribution is 2.14. The first-order valence-corrected chi connectivity index (χ1v) is 9.24. The van der Waals surface area contributed by atoms with Gasteiger partial charge < -0.3 is 4.74 Å². The fraction of sp³-hybridized carbons (Fsp3) is 0.167. The van der Waals surface area contributed by atoms with E-state index >= 15 is 0 Å². The molecule has 1 amide bonds. The minimum atomic E-state index is -0.146. The highest BCUT2D eigenvalue weighted by atomic mass is 16.5. The summed E-state index contributed by atoms with van der Waals surface area (Å²) < 4.78 is 5.84. The van der Waals surface area contributed by atoms with Crippen LogP contribution in [0.15, 0.2) is 77.9 Å². The van der Waals surface area contributed by atoms with E-state index in [1.165, 1.54) is 11.1 Å². The molecule has 0 saturated heterocycles. The minimum Gasteiger partial charge on any atom is -0.489 e. The largest absolute Gasteiger partial charge is 0.489 e. The molecule has 0 aromatic heterocycles. The monoisotopic (exact) mass is 372 g/mol. The number of hydrogen-bond donors (Lipinski definition) is 1. The van der Waals surface area contributed by atoms with Crippen molar-refractivity contribution in [3.05, 3.63) is 101 Å². The van der Waals surface area contributed by atoms with Crippen LogP contribution in [0.3, 0.4) is 0 Å². The Hall–Kier alpha value is -3.40. The zero-order valence-corrected chi connectivity index (χ0v) is 16.2. The van der Waals surface area contributed by atoms with Gasteiger partial charge in [0.2, 0.25) is 5.91 Å². The molecule has 0 bridgehead atoms. The van der Waals surface area contributed by atoms with Gasteiger partial charge in [-0.2, -0.15) is 5.10 Å². The summed E-state index contributed by atoms with van der Waals surface area (Å²) >= 11 is 0. The minimum absolute atomic E-state index is 0.146. The molecule has 3 aromatic carbocycles. The smallest absolute Gasteiger partial charge is 0.244 e. The Morgan fingerprint density at radius 2 is 1.57 bits per heavy atom. The lowest BCUT2D eigenvalue weighted by atomic mass is 10.1. The summed E-state index contributed by atoms with van der Waals surface area (Å²) in [5.41, 5.74) is 7.91. The maximum absolute atomic E-state index is 12.0. The van der Waals surface area contributed by atoms with E-state index in [1.54, 1.807) is 6.21 Å². The van der Waals surface area contributed by atoms with Crippen LogP contribution in [0.25, 0.3) is 0 Å². The summed E-state index contributed by atoms with van der Waals surface area (Å²) in [6.45, 7) is 4.59. The van der Waals surface area contributed by atoms with Gasteiger partial charge in [-0.05, 0) is 42.7 Å². The first-order valence-electron chi connectivity index (χ1n) is 9.24. The normalized spacial score (nSPS) is 10.8. The Labute approximate surface area is 165 Å². The Morgan fingerprint density at radius 3 is 2.25 bits per heavy atom. The summed E-state index contributed by atoms with van der Waals surface area (Å²) in [6, 6.07) is 23.8.